The van der Waals surface area contributed by atoms with Crippen molar-refractivity contribution in [3.63, 3.8) is 0 Å². The molecule has 16 heavy (non-hydrogen) atoms. The van der Waals surface area contributed by atoms with Crippen molar-refractivity contribution in [1.82, 2.24) is 0 Å². The Labute approximate surface area is 94.1 Å². The smallest absolute Gasteiger partial charge is 0.248 e. The predicted octanol–water partition coefficient (Wildman–Crippen LogP) is 0.485. The van der Waals surface area contributed by atoms with E-state index in [2.05, 4.69) is 0 Å². The van der Waals surface area contributed by atoms with E-state index >= 15 is 0 Å². The quantitative estimate of drug-likeness (QED) is 0.758. The van der Waals surface area contributed by atoms with Crippen LogP contribution in [0, 0.1) is 11.3 Å². The van der Waals surface area contributed by atoms with E-state index < -0.39 is 15.8 Å². The molecule has 0 saturated carbocycles. The molecule has 0 radical (unpaired) electrons. The van der Waals surface area contributed by atoms with Gasteiger partial charge in [-0.3, -0.25) is 4.31 Å². The zero-order valence-electron chi connectivity index (χ0n) is 8.55. The third-order valence-corrected chi connectivity index (χ3v) is 4.09. The number of anilines is 2. The Balaban J connectivity index is 2.45. The maximum Gasteiger partial charge on any atom is 0.248 e. The van der Waals surface area contributed by atoms with E-state index in [9.17, 15) is 8.42 Å². The van der Waals surface area contributed by atoms with Gasteiger partial charge < -0.3 is 5.73 Å². The molecule has 0 aliphatic carbocycles. The molecule has 0 saturated heterocycles. The van der Waals surface area contributed by atoms with Crippen LogP contribution in [0.2, 0.25) is 0 Å². The number of rotatable bonds is 2. The SMILES string of the molecule is N#CCS(=O)(=O)N1CCc2ccc(N)cc21. The minimum absolute atomic E-state index is 0.392. The second kappa shape index (κ2) is 3.68. The van der Waals surface area contributed by atoms with Crippen molar-refractivity contribution in [3.8, 4) is 6.07 Å². The lowest BCUT2D eigenvalue weighted by Crippen LogP contribution is -2.30. The van der Waals surface area contributed by atoms with Crippen molar-refractivity contribution in [2.75, 3.05) is 22.3 Å². The van der Waals surface area contributed by atoms with Gasteiger partial charge in [0.25, 0.3) is 0 Å². The molecule has 0 amide bonds. The molecule has 1 aromatic carbocycles. The van der Waals surface area contributed by atoms with E-state index in [1.165, 1.54) is 4.31 Å². The van der Waals surface area contributed by atoms with Gasteiger partial charge in [0, 0.05) is 12.2 Å². The number of nitriles is 1. The van der Waals surface area contributed by atoms with Gasteiger partial charge in [0.1, 0.15) is 0 Å². The Morgan fingerprint density at radius 2 is 2.25 bits per heavy atom. The number of fused-ring (bicyclic) bond motifs is 1. The van der Waals surface area contributed by atoms with Crippen LogP contribution in [0.3, 0.4) is 0 Å². The highest BCUT2D eigenvalue weighted by molar-refractivity contribution is 7.93. The second-order valence-corrected chi connectivity index (χ2v) is 5.52. The standard InChI is InChI=1S/C10H11N3O2S/c11-4-6-16(14,15)13-5-3-8-1-2-9(12)7-10(8)13/h1-2,7H,3,5-6,12H2. The largest absolute Gasteiger partial charge is 0.399 e. The van der Waals surface area contributed by atoms with Crippen LogP contribution in [-0.2, 0) is 16.4 Å². The highest BCUT2D eigenvalue weighted by Crippen LogP contribution is 2.31. The van der Waals surface area contributed by atoms with Crippen molar-refractivity contribution in [2.24, 2.45) is 0 Å². The predicted molar refractivity (Wildman–Crippen MR) is 61.3 cm³/mol. The Morgan fingerprint density at radius 3 is 2.94 bits per heavy atom. The van der Waals surface area contributed by atoms with E-state index in [1.807, 2.05) is 6.07 Å². The molecule has 0 bridgehead atoms. The summed E-state index contributed by atoms with van der Waals surface area (Å²) in [6, 6.07) is 6.88. The maximum atomic E-state index is 11.8. The summed E-state index contributed by atoms with van der Waals surface area (Å²) in [6.45, 7) is 0.392. The minimum Gasteiger partial charge on any atom is -0.399 e. The molecule has 0 fully saturated rings. The zero-order chi connectivity index (χ0) is 11.8. The van der Waals surface area contributed by atoms with Crippen molar-refractivity contribution in [2.45, 2.75) is 6.42 Å². The third-order valence-electron chi connectivity index (χ3n) is 2.55. The molecule has 5 nitrogen and oxygen atoms in total. The van der Waals surface area contributed by atoms with Gasteiger partial charge in [0.2, 0.25) is 10.0 Å². The number of nitrogen functional groups attached to an aromatic ring is 1. The number of benzene rings is 1. The van der Waals surface area contributed by atoms with Gasteiger partial charge in [-0.1, -0.05) is 6.07 Å². The molecule has 1 aliphatic heterocycles. The molecule has 2 rings (SSSR count). The van der Waals surface area contributed by atoms with E-state index in [0.29, 0.717) is 24.3 Å². The first-order valence-corrected chi connectivity index (χ1v) is 6.41. The van der Waals surface area contributed by atoms with Crippen LogP contribution in [0.4, 0.5) is 11.4 Å². The summed E-state index contributed by atoms with van der Waals surface area (Å²) in [5, 5.41) is 8.48. The fourth-order valence-corrected chi connectivity index (χ4v) is 2.97. The van der Waals surface area contributed by atoms with Crippen LogP contribution in [0.5, 0.6) is 0 Å². The molecule has 1 aliphatic rings. The van der Waals surface area contributed by atoms with Crippen molar-refractivity contribution < 1.29 is 8.42 Å². The van der Waals surface area contributed by atoms with E-state index in [4.69, 9.17) is 11.0 Å². The van der Waals surface area contributed by atoms with Crippen molar-refractivity contribution >= 4 is 21.4 Å². The zero-order valence-corrected chi connectivity index (χ0v) is 9.37. The molecule has 0 spiro atoms. The average Bonchev–Trinajstić information content (AvgIpc) is 2.60. The van der Waals surface area contributed by atoms with E-state index in [0.717, 1.165) is 5.56 Å². The molecule has 1 aromatic rings. The van der Waals surface area contributed by atoms with Crippen LogP contribution >= 0.6 is 0 Å². The lowest BCUT2D eigenvalue weighted by molar-refractivity contribution is 0.595. The Kier molecular flexibility index (Phi) is 2.48. The van der Waals surface area contributed by atoms with Gasteiger partial charge in [0.05, 0.1) is 11.8 Å². The second-order valence-electron chi connectivity index (χ2n) is 3.62. The summed E-state index contributed by atoms with van der Waals surface area (Å²) in [6.07, 6.45) is 0.667. The normalized spacial score (nSPS) is 14.6. The highest BCUT2D eigenvalue weighted by atomic mass is 32.2. The van der Waals surface area contributed by atoms with Gasteiger partial charge in [-0.2, -0.15) is 5.26 Å². The number of nitrogens with two attached hydrogens (primary N) is 1. The monoisotopic (exact) mass is 237 g/mol. The van der Waals surface area contributed by atoms with Crippen LogP contribution in [-0.4, -0.2) is 20.7 Å². The van der Waals surface area contributed by atoms with Gasteiger partial charge in [-0.25, -0.2) is 8.42 Å². The van der Waals surface area contributed by atoms with E-state index in [1.54, 1.807) is 18.2 Å². The molecular formula is C10H11N3O2S. The molecular weight excluding hydrogens is 226 g/mol. The molecule has 2 N–H and O–H groups in total. The first kappa shape index (κ1) is 10.8. The summed E-state index contributed by atoms with van der Waals surface area (Å²) in [7, 11) is -3.52. The van der Waals surface area contributed by atoms with Crippen LogP contribution in [0.25, 0.3) is 0 Å². The average molecular weight is 237 g/mol. The molecule has 1 heterocycles. The highest BCUT2D eigenvalue weighted by Gasteiger charge is 2.29. The number of hydrogen-bond donors (Lipinski definition) is 1. The molecule has 0 aromatic heterocycles. The van der Waals surface area contributed by atoms with Gasteiger partial charge in [-0.15, -0.1) is 0 Å². The van der Waals surface area contributed by atoms with Crippen molar-refractivity contribution in [1.29, 1.82) is 5.26 Å². The molecule has 84 valence electrons. The maximum absolute atomic E-state index is 11.8. The summed E-state index contributed by atoms with van der Waals surface area (Å²) >= 11 is 0. The summed E-state index contributed by atoms with van der Waals surface area (Å²) < 4.78 is 24.8. The molecule has 6 heteroatoms. The third kappa shape index (κ3) is 1.70. The Hall–Kier alpha value is -1.74. The fraction of sp³-hybridized carbons (Fsp3) is 0.300. The lowest BCUT2D eigenvalue weighted by Gasteiger charge is -2.17. The Morgan fingerprint density at radius 1 is 1.50 bits per heavy atom. The fourth-order valence-electron chi connectivity index (χ4n) is 1.82. The molecule has 0 unspecified atom stereocenters. The number of nitrogens with zero attached hydrogens (tertiary/aromatic N) is 2. The summed E-state index contributed by atoms with van der Waals surface area (Å²) in [5.74, 6) is -0.499. The van der Waals surface area contributed by atoms with Crippen molar-refractivity contribution in [3.05, 3.63) is 23.8 Å². The van der Waals surface area contributed by atoms with Crippen LogP contribution < -0.4 is 10.0 Å². The van der Waals surface area contributed by atoms with Gasteiger partial charge >= 0.3 is 0 Å². The summed E-state index contributed by atoms with van der Waals surface area (Å²) in [5.41, 5.74) is 7.71. The first-order chi connectivity index (χ1) is 7.54. The Bertz CT molecular complexity index is 560. The van der Waals surface area contributed by atoms with Crippen LogP contribution in [0.15, 0.2) is 18.2 Å². The van der Waals surface area contributed by atoms with E-state index in [-0.39, 0.29) is 0 Å². The minimum atomic E-state index is -3.52. The number of hydrogen-bond acceptors (Lipinski definition) is 4. The first-order valence-electron chi connectivity index (χ1n) is 4.80. The summed E-state index contributed by atoms with van der Waals surface area (Å²) in [4.78, 5) is 0. The molecule has 0 atom stereocenters. The number of sulfonamides is 1. The van der Waals surface area contributed by atoms with Gasteiger partial charge in [0.15, 0.2) is 5.75 Å². The topological polar surface area (TPSA) is 87.2 Å². The van der Waals surface area contributed by atoms with Crippen LogP contribution in [0.1, 0.15) is 5.56 Å². The van der Waals surface area contributed by atoms with Gasteiger partial charge in [-0.05, 0) is 24.1 Å². The lowest BCUT2D eigenvalue weighted by atomic mass is 10.1.